The van der Waals surface area contributed by atoms with E-state index in [4.69, 9.17) is 4.74 Å². The Kier molecular flexibility index (Phi) is 5.91. The molecule has 0 radical (unpaired) electrons. The SMILES string of the molecule is Cc1cc(C(=O)NCc2cccc(OCCC3CCCC3)c2F)n(C)n1. The lowest BCUT2D eigenvalue weighted by molar-refractivity contribution is 0.0941. The van der Waals surface area contributed by atoms with Crippen LogP contribution in [0, 0.1) is 18.7 Å². The summed E-state index contributed by atoms with van der Waals surface area (Å²) in [7, 11) is 1.71. The number of aryl methyl sites for hydroxylation is 2. The van der Waals surface area contributed by atoms with Gasteiger partial charge in [0.2, 0.25) is 0 Å². The van der Waals surface area contributed by atoms with Crippen LogP contribution in [0.25, 0.3) is 0 Å². The van der Waals surface area contributed by atoms with Gasteiger partial charge in [0.1, 0.15) is 5.69 Å². The molecule has 0 bridgehead atoms. The highest BCUT2D eigenvalue weighted by molar-refractivity contribution is 5.92. The first-order valence-electron chi connectivity index (χ1n) is 9.23. The molecule has 1 aromatic heterocycles. The molecule has 1 aromatic carbocycles. The number of carbonyl (C=O) groups is 1. The van der Waals surface area contributed by atoms with Gasteiger partial charge in [0.15, 0.2) is 11.6 Å². The van der Waals surface area contributed by atoms with Crippen LogP contribution < -0.4 is 10.1 Å². The van der Waals surface area contributed by atoms with Crippen LogP contribution in [0.3, 0.4) is 0 Å². The van der Waals surface area contributed by atoms with Crippen molar-refractivity contribution in [3.8, 4) is 5.75 Å². The molecule has 1 aliphatic rings. The third-order valence-electron chi connectivity index (χ3n) is 4.98. The highest BCUT2D eigenvalue weighted by Gasteiger charge is 2.16. The van der Waals surface area contributed by atoms with Crippen molar-refractivity contribution in [2.24, 2.45) is 13.0 Å². The quantitative estimate of drug-likeness (QED) is 0.819. The van der Waals surface area contributed by atoms with E-state index < -0.39 is 5.82 Å². The Labute approximate surface area is 153 Å². The van der Waals surface area contributed by atoms with Gasteiger partial charge in [-0.25, -0.2) is 4.39 Å². The molecule has 5 nitrogen and oxygen atoms in total. The van der Waals surface area contributed by atoms with Crippen LogP contribution in [0.15, 0.2) is 24.3 Å². The number of hydrogen-bond donors (Lipinski definition) is 1. The third-order valence-corrected chi connectivity index (χ3v) is 4.98. The zero-order valence-electron chi connectivity index (χ0n) is 15.4. The topological polar surface area (TPSA) is 56.1 Å². The summed E-state index contributed by atoms with van der Waals surface area (Å²) in [5.41, 5.74) is 1.63. The smallest absolute Gasteiger partial charge is 0.269 e. The maximum absolute atomic E-state index is 14.6. The van der Waals surface area contributed by atoms with Crippen LogP contribution in [0.4, 0.5) is 4.39 Å². The van der Waals surface area contributed by atoms with Crippen molar-refractivity contribution in [2.75, 3.05) is 6.61 Å². The molecule has 0 atom stereocenters. The van der Waals surface area contributed by atoms with Gasteiger partial charge < -0.3 is 10.1 Å². The minimum absolute atomic E-state index is 0.106. The Balaban J connectivity index is 1.56. The van der Waals surface area contributed by atoms with E-state index >= 15 is 0 Å². The van der Waals surface area contributed by atoms with Crippen LogP contribution in [-0.2, 0) is 13.6 Å². The molecule has 0 saturated heterocycles. The van der Waals surface area contributed by atoms with Crippen molar-refractivity contribution < 1.29 is 13.9 Å². The maximum Gasteiger partial charge on any atom is 0.269 e. The number of benzene rings is 1. The van der Waals surface area contributed by atoms with Gasteiger partial charge in [-0.2, -0.15) is 5.10 Å². The standard InChI is InChI=1S/C20H26FN3O2/c1-14-12-17(24(2)23-14)20(25)22-13-16-8-5-9-18(19(16)21)26-11-10-15-6-3-4-7-15/h5,8-9,12,15H,3-4,6-7,10-11,13H2,1-2H3,(H,22,25). The van der Waals surface area contributed by atoms with Crippen molar-refractivity contribution in [1.29, 1.82) is 0 Å². The van der Waals surface area contributed by atoms with Crippen molar-refractivity contribution in [1.82, 2.24) is 15.1 Å². The van der Waals surface area contributed by atoms with Crippen molar-refractivity contribution in [3.05, 3.63) is 47.0 Å². The summed E-state index contributed by atoms with van der Waals surface area (Å²) in [5, 5.41) is 6.89. The fraction of sp³-hybridized carbons (Fsp3) is 0.500. The molecule has 6 heteroatoms. The molecular weight excluding hydrogens is 333 g/mol. The summed E-state index contributed by atoms with van der Waals surface area (Å²) >= 11 is 0. The number of nitrogens with one attached hydrogen (secondary N) is 1. The average molecular weight is 359 g/mol. The zero-order chi connectivity index (χ0) is 18.5. The predicted molar refractivity (Wildman–Crippen MR) is 97.6 cm³/mol. The van der Waals surface area contributed by atoms with E-state index in [1.807, 2.05) is 6.92 Å². The molecule has 0 unspecified atom stereocenters. The summed E-state index contributed by atoms with van der Waals surface area (Å²) in [5.74, 6) is 0.287. The Bertz CT molecular complexity index is 766. The lowest BCUT2D eigenvalue weighted by atomic mass is 10.1. The number of aromatic nitrogens is 2. The molecule has 1 N–H and O–H groups in total. The zero-order valence-corrected chi connectivity index (χ0v) is 15.4. The van der Waals surface area contributed by atoms with E-state index in [1.165, 1.54) is 30.4 Å². The molecular formula is C20H26FN3O2. The van der Waals surface area contributed by atoms with Crippen LogP contribution in [0.1, 0.15) is 53.8 Å². The van der Waals surface area contributed by atoms with Crippen LogP contribution in [0.5, 0.6) is 5.75 Å². The molecule has 0 spiro atoms. The first kappa shape index (κ1) is 18.4. The summed E-state index contributed by atoms with van der Waals surface area (Å²) in [6.07, 6.45) is 6.08. The fourth-order valence-electron chi connectivity index (χ4n) is 3.53. The predicted octanol–water partition coefficient (Wildman–Crippen LogP) is 3.76. The van der Waals surface area contributed by atoms with Gasteiger partial charge in [0.25, 0.3) is 5.91 Å². The summed E-state index contributed by atoms with van der Waals surface area (Å²) in [4.78, 5) is 12.2. The Hall–Kier alpha value is -2.37. The molecule has 3 rings (SSSR count). The molecule has 1 amide bonds. The Morgan fingerprint density at radius 1 is 1.38 bits per heavy atom. The highest BCUT2D eigenvalue weighted by atomic mass is 19.1. The highest BCUT2D eigenvalue weighted by Crippen LogP contribution is 2.28. The van der Waals surface area contributed by atoms with Gasteiger partial charge >= 0.3 is 0 Å². The van der Waals surface area contributed by atoms with E-state index in [0.717, 1.165) is 12.1 Å². The van der Waals surface area contributed by atoms with Crippen LogP contribution >= 0.6 is 0 Å². The first-order valence-corrected chi connectivity index (χ1v) is 9.23. The van der Waals surface area contributed by atoms with Gasteiger partial charge in [-0.3, -0.25) is 9.48 Å². The summed E-state index contributed by atoms with van der Waals surface area (Å²) in [6.45, 7) is 2.46. The van der Waals surface area contributed by atoms with Gasteiger partial charge in [-0.05, 0) is 31.4 Å². The molecule has 1 fully saturated rings. The van der Waals surface area contributed by atoms with Crippen molar-refractivity contribution in [3.63, 3.8) is 0 Å². The number of amides is 1. The van der Waals surface area contributed by atoms with E-state index in [0.29, 0.717) is 23.8 Å². The number of halogens is 1. The molecule has 1 saturated carbocycles. The Morgan fingerprint density at radius 2 is 2.15 bits per heavy atom. The maximum atomic E-state index is 14.6. The Morgan fingerprint density at radius 3 is 2.85 bits per heavy atom. The first-order chi connectivity index (χ1) is 12.5. The minimum atomic E-state index is -0.402. The molecule has 140 valence electrons. The van der Waals surface area contributed by atoms with Crippen LogP contribution in [0.2, 0.25) is 0 Å². The number of ether oxygens (including phenoxy) is 1. The molecule has 0 aliphatic heterocycles. The second-order valence-electron chi connectivity index (χ2n) is 6.99. The molecule has 1 heterocycles. The normalized spacial score (nSPS) is 14.6. The van der Waals surface area contributed by atoms with Gasteiger partial charge in [0, 0.05) is 19.2 Å². The number of rotatable bonds is 7. The monoisotopic (exact) mass is 359 g/mol. The fourth-order valence-corrected chi connectivity index (χ4v) is 3.53. The van der Waals surface area contributed by atoms with E-state index in [-0.39, 0.29) is 18.2 Å². The summed E-state index contributed by atoms with van der Waals surface area (Å²) < 4.78 is 21.8. The van der Waals surface area contributed by atoms with Crippen molar-refractivity contribution >= 4 is 5.91 Å². The van der Waals surface area contributed by atoms with E-state index in [9.17, 15) is 9.18 Å². The summed E-state index contributed by atoms with van der Waals surface area (Å²) in [6, 6.07) is 6.76. The second kappa shape index (κ2) is 8.34. The lowest BCUT2D eigenvalue weighted by Crippen LogP contribution is -2.25. The average Bonchev–Trinajstić information content (AvgIpc) is 3.24. The number of hydrogen-bond acceptors (Lipinski definition) is 3. The molecule has 26 heavy (non-hydrogen) atoms. The van der Waals surface area contributed by atoms with E-state index in [2.05, 4.69) is 10.4 Å². The number of nitrogens with zero attached hydrogens (tertiary/aromatic N) is 2. The lowest BCUT2D eigenvalue weighted by Gasteiger charge is -2.13. The van der Waals surface area contributed by atoms with Crippen LogP contribution in [-0.4, -0.2) is 22.3 Å². The van der Waals surface area contributed by atoms with Gasteiger partial charge in [-0.1, -0.05) is 37.8 Å². The van der Waals surface area contributed by atoms with Gasteiger partial charge in [-0.15, -0.1) is 0 Å². The van der Waals surface area contributed by atoms with Crippen molar-refractivity contribution in [2.45, 2.75) is 45.6 Å². The van der Waals surface area contributed by atoms with E-state index in [1.54, 1.807) is 31.3 Å². The molecule has 1 aliphatic carbocycles. The molecule has 2 aromatic rings. The second-order valence-corrected chi connectivity index (χ2v) is 6.99. The third kappa shape index (κ3) is 4.42. The van der Waals surface area contributed by atoms with Gasteiger partial charge in [0.05, 0.1) is 12.3 Å². The number of carbonyl (C=O) groups excluding carboxylic acids is 1. The minimum Gasteiger partial charge on any atom is -0.490 e. The largest absolute Gasteiger partial charge is 0.490 e.